The van der Waals surface area contributed by atoms with Crippen molar-refractivity contribution in [2.45, 2.75) is 45.3 Å². The summed E-state index contributed by atoms with van der Waals surface area (Å²) in [6.07, 6.45) is 4.60. The summed E-state index contributed by atoms with van der Waals surface area (Å²) in [6, 6.07) is 2.31. The van der Waals surface area contributed by atoms with Crippen LogP contribution in [0.5, 0.6) is 0 Å². The second-order valence-electron chi connectivity index (χ2n) is 7.52. The number of thiophene rings is 1. The van der Waals surface area contributed by atoms with E-state index in [9.17, 15) is 14.9 Å². The van der Waals surface area contributed by atoms with Gasteiger partial charge < -0.3 is 20.3 Å². The van der Waals surface area contributed by atoms with Crippen molar-refractivity contribution in [2.75, 3.05) is 13.1 Å². The van der Waals surface area contributed by atoms with Crippen LogP contribution in [0.2, 0.25) is 0 Å². The van der Waals surface area contributed by atoms with Gasteiger partial charge in [0.25, 0.3) is 0 Å². The first-order valence-corrected chi connectivity index (χ1v) is 10.1. The number of nitrogens with zero attached hydrogens (tertiary/aromatic N) is 4. The van der Waals surface area contributed by atoms with Gasteiger partial charge in [0.15, 0.2) is 0 Å². The third-order valence-corrected chi connectivity index (χ3v) is 6.56. The Morgan fingerprint density at radius 3 is 2.86 bits per heavy atom. The highest BCUT2D eigenvalue weighted by Gasteiger charge is 2.57. The van der Waals surface area contributed by atoms with Gasteiger partial charge in [0.05, 0.1) is 0 Å². The van der Waals surface area contributed by atoms with Crippen LogP contribution in [0.3, 0.4) is 0 Å². The summed E-state index contributed by atoms with van der Waals surface area (Å²) in [5.41, 5.74) is 1.38. The van der Waals surface area contributed by atoms with Crippen molar-refractivity contribution in [1.29, 1.82) is 0 Å². The molecule has 2 aromatic rings. The first kappa shape index (κ1) is 20.8. The molecule has 0 radical (unpaired) electrons. The summed E-state index contributed by atoms with van der Waals surface area (Å²) in [5, 5.41) is 18.4. The number of carbonyl (C=O) groups excluding carboxylic acids is 1. The standard InChI is InChI=1S/C18H23N5O3S.ClH/c1-13-20-16(23(25)26)10-21(13)11-17(24)22(9-14-2-7-27-12-14)15-8-18(15)3-5-19-6-4-18;/h2,7,10,12,15,19H,3-6,8-9,11H2,1H3;1H. The second kappa shape index (κ2) is 8.18. The van der Waals surface area contributed by atoms with Crippen molar-refractivity contribution in [3.63, 3.8) is 0 Å². The second-order valence-corrected chi connectivity index (χ2v) is 8.30. The lowest BCUT2D eigenvalue weighted by atomic mass is 9.93. The lowest BCUT2D eigenvalue weighted by Crippen LogP contribution is -2.40. The Morgan fingerprint density at radius 1 is 1.50 bits per heavy atom. The minimum Gasteiger partial charge on any atom is -0.358 e. The van der Waals surface area contributed by atoms with Crippen LogP contribution in [0.4, 0.5) is 5.82 Å². The molecule has 1 aliphatic heterocycles. The Bertz CT molecular complexity index is 848. The van der Waals surface area contributed by atoms with E-state index in [4.69, 9.17) is 0 Å². The highest BCUT2D eigenvalue weighted by atomic mass is 35.5. The maximum absolute atomic E-state index is 13.2. The molecule has 1 unspecified atom stereocenters. The van der Waals surface area contributed by atoms with Crippen molar-refractivity contribution in [3.05, 3.63) is 44.5 Å². The zero-order chi connectivity index (χ0) is 19.0. The molecule has 28 heavy (non-hydrogen) atoms. The van der Waals surface area contributed by atoms with Crippen LogP contribution >= 0.6 is 23.7 Å². The Morgan fingerprint density at radius 2 is 2.25 bits per heavy atom. The molecular formula is C18H24ClN5O3S. The van der Waals surface area contributed by atoms with E-state index in [-0.39, 0.29) is 42.1 Å². The van der Waals surface area contributed by atoms with Crippen LogP contribution < -0.4 is 5.32 Å². The van der Waals surface area contributed by atoms with Gasteiger partial charge in [-0.25, -0.2) is 0 Å². The van der Waals surface area contributed by atoms with Crippen molar-refractivity contribution < 1.29 is 9.72 Å². The number of aryl methyl sites for hydroxylation is 1. The lowest BCUT2D eigenvalue weighted by molar-refractivity contribution is -0.389. The number of hydrogen-bond acceptors (Lipinski definition) is 6. The monoisotopic (exact) mass is 425 g/mol. The predicted octanol–water partition coefficient (Wildman–Crippen LogP) is 2.75. The van der Waals surface area contributed by atoms with E-state index in [2.05, 4.69) is 21.7 Å². The van der Waals surface area contributed by atoms with E-state index in [1.54, 1.807) is 22.8 Å². The zero-order valence-corrected chi connectivity index (χ0v) is 17.3. The average Bonchev–Trinajstić information content (AvgIpc) is 3.01. The molecule has 0 aromatic carbocycles. The molecule has 3 heterocycles. The molecule has 2 aromatic heterocycles. The van der Waals surface area contributed by atoms with Crippen LogP contribution in [0.25, 0.3) is 0 Å². The van der Waals surface area contributed by atoms with Gasteiger partial charge in [0.2, 0.25) is 11.7 Å². The maximum Gasteiger partial charge on any atom is 0.381 e. The number of carbonyl (C=O) groups is 1. The van der Waals surface area contributed by atoms with E-state index in [1.165, 1.54) is 6.20 Å². The summed E-state index contributed by atoms with van der Waals surface area (Å²) in [5.74, 6) is 0.265. The normalized spacial score (nSPS) is 19.8. The first-order valence-electron chi connectivity index (χ1n) is 9.18. The van der Waals surface area contributed by atoms with Gasteiger partial charge in [0.1, 0.15) is 12.7 Å². The average molecular weight is 426 g/mol. The number of amides is 1. The fraction of sp³-hybridized carbons (Fsp3) is 0.556. The molecule has 152 valence electrons. The Hall–Kier alpha value is -1.97. The molecule has 4 rings (SSSR count). The summed E-state index contributed by atoms with van der Waals surface area (Å²) in [6.45, 7) is 4.38. The fourth-order valence-corrected chi connectivity index (χ4v) is 4.82. The summed E-state index contributed by atoms with van der Waals surface area (Å²) in [7, 11) is 0. The zero-order valence-electron chi connectivity index (χ0n) is 15.7. The molecule has 2 aliphatic rings. The van der Waals surface area contributed by atoms with Gasteiger partial charge in [-0.15, -0.1) is 12.4 Å². The number of rotatable bonds is 6. The highest BCUT2D eigenvalue weighted by molar-refractivity contribution is 7.07. The molecule has 1 aliphatic carbocycles. The molecular weight excluding hydrogens is 402 g/mol. The molecule has 1 atom stereocenters. The number of nitrogens with one attached hydrogen (secondary N) is 1. The molecule has 1 amide bonds. The van der Waals surface area contributed by atoms with Gasteiger partial charge in [0, 0.05) is 19.5 Å². The Kier molecular flexibility index (Phi) is 6.07. The van der Waals surface area contributed by atoms with E-state index in [0.717, 1.165) is 37.9 Å². The van der Waals surface area contributed by atoms with Crippen molar-refractivity contribution in [3.8, 4) is 0 Å². The molecule has 2 fully saturated rings. The van der Waals surface area contributed by atoms with E-state index in [0.29, 0.717) is 12.4 Å². The molecule has 8 nitrogen and oxygen atoms in total. The van der Waals surface area contributed by atoms with Gasteiger partial charge in [-0.05, 0) is 70.1 Å². The number of nitro groups is 1. The van der Waals surface area contributed by atoms with Crippen LogP contribution in [-0.4, -0.2) is 44.4 Å². The van der Waals surface area contributed by atoms with Crippen LogP contribution in [0.1, 0.15) is 30.7 Å². The summed E-state index contributed by atoms with van der Waals surface area (Å²) < 4.78 is 1.58. The first-order chi connectivity index (χ1) is 13.0. The number of hydrogen-bond donors (Lipinski definition) is 1. The minimum absolute atomic E-state index is 0. The predicted molar refractivity (Wildman–Crippen MR) is 109 cm³/mol. The fourth-order valence-electron chi connectivity index (χ4n) is 4.16. The number of halogens is 1. The molecule has 1 saturated carbocycles. The largest absolute Gasteiger partial charge is 0.381 e. The van der Waals surface area contributed by atoms with E-state index in [1.807, 2.05) is 10.3 Å². The van der Waals surface area contributed by atoms with Crippen molar-refractivity contribution in [1.82, 2.24) is 19.8 Å². The van der Waals surface area contributed by atoms with Gasteiger partial charge in [-0.2, -0.15) is 11.3 Å². The molecule has 1 saturated heterocycles. The minimum atomic E-state index is -0.526. The van der Waals surface area contributed by atoms with Crippen LogP contribution in [-0.2, 0) is 17.9 Å². The molecule has 10 heteroatoms. The van der Waals surface area contributed by atoms with Gasteiger partial charge in [-0.1, -0.05) is 0 Å². The van der Waals surface area contributed by atoms with Gasteiger partial charge in [-0.3, -0.25) is 9.36 Å². The number of piperidine rings is 1. The molecule has 1 spiro atoms. The third-order valence-electron chi connectivity index (χ3n) is 5.83. The summed E-state index contributed by atoms with van der Waals surface area (Å²) in [4.78, 5) is 29.5. The summed E-state index contributed by atoms with van der Waals surface area (Å²) >= 11 is 1.63. The van der Waals surface area contributed by atoms with Gasteiger partial charge >= 0.3 is 5.82 Å². The van der Waals surface area contributed by atoms with Crippen LogP contribution in [0, 0.1) is 22.5 Å². The Balaban J connectivity index is 0.00000225. The topological polar surface area (TPSA) is 93.3 Å². The quantitative estimate of drug-likeness (QED) is 0.567. The smallest absolute Gasteiger partial charge is 0.358 e. The van der Waals surface area contributed by atoms with E-state index >= 15 is 0 Å². The molecule has 0 bridgehead atoms. The number of aromatic nitrogens is 2. The van der Waals surface area contributed by atoms with E-state index < -0.39 is 4.92 Å². The Labute approximate surface area is 173 Å². The number of imidazole rings is 1. The van der Waals surface area contributed by atoms with Crippen molar-refractivity contribution >= 4 is 35.5 Å². The highest BCUT2D eigenvalue weighted by Crippen LogP contribution is 2.56. The molecule has 1 N–H and O–H groups in total. The maximum atomic E-state index is 13.2. The lowest BCUT2D eigenvalue weighted by Gasteiger charge is -2.29. The van der Waals surface area contributed by atoms with Crippen molar-refractivity contribution in [2.24, 2.45) is 5.41 Å². The SMILES string of the molecule is Cc1nc([N+](=O)[O-])cn1CC(=O)N(Cc1ccsc1)C1CC12CCNCC2.Cl. The third kappa shape index (κ3) is 4.06. The van der Waals surface area contributed by atoms with Crippen LogP contribution in [0.15, 0.2) is 23.0 Å².